The van der Waals surface area contributed by atoms with Gasteiger partial charge in [-0.05, 0) is 49.1 Å². The molecule has 0 saturated heterocycles. The molecule has 1 aliphatic carbocycles. The largest absolute Gasteiger partial charge is 0.490 e. The second-order valence-electron chi connectivity index (χ2n) is 9.83. The van der Waals surface area contributed by atoms with Crippen molar-refractivity contribution in [2.75, 3.05) is 25.1 Å². The fourth-order valence-electron chi connectivity index (χ4n) is 4.37. The van der Waals surface area contributed by atoms with Gasteiger partial charge in [0.25, 0.3) is 0 Å². The van der Waals surface area contributed by atoms with E-state index in [9.17, 15) is 20.1 Å². The third kappa shape index (κ3) is 6.30. The van der Waals surface area contributed by atoms with Crippen LogP contribution < -0.4 is 10.1 Å². The van der Waals surface area contributed by atoms with E-state index in [2.05, 4.69) is 15.3 Å². The van der Waals surface area contributed by atoms with Crippen LogP contribution in [-0.2, 0) is 6.54 Å². The smallest absolute Gasteiger partial charge is 0.374 e. The lowest BCUT2D eigenvalue weighted by Gasteiger charge is -2.16. The number of rotatable bonds is 12. The van der Waals surface area contributed by atoms with Crippen molar-refractivity contribution in [3.63, 3.8) is 0 Å². The number of aryl methyl sites for hydroxylation is 1. The molecule has 2 aromatic carbocycles. The molecular formula is C28H30ClN5O5. The summed E-state index contributed by atoms with van der Waals surface area (Å²) in [5, 5.41) is 32.8. The number of carboxylic acids is 1. The highest BCUT2D eigenvalue weighted by Crippen LogP contribution is 2.36. The van der Waals surface area contributed by atoms with Crippen LogP contribution in [0.4, 0.5) is 5.82 Å². The van der Waals surface area contributed by atoms with Crippen LogP contribution in [0.25, 0.3) is 22.6 Å². The predicted octanol–water partition coefficient (Wildman–Crippen LogP) is 4.15. The van der Waals surface area contributed by atoms with Crippen LogP contribution in [0, 0.1) is 12.8 Å². The molecule has 39 heavy (non-hydrogen) atoms. The van der Waals surface area contributed by atoms with Gasteiger partial charge in [0.2, 0.25) is 5.82 Å². The molecule has 0 unspecified atom stereocenters. The molecular weight excluding hydrogens is 522 g/mol. The second kappa shape index (κ2) is 11.6. The first-order chi connectivity index (χ1) is 18.8. The average molecular weight is 552 g/mol. The number of imidazole rings is 1. The summed E-state index contributed by atoms with van der Waals surface area (Å²) in [7, 11) is 0. The van der Waals surface area contributed by atoms with Crippen molar-refractivity contribution in [2.24, 2.45) is 5.92 Å². The standard InChI is InChI=1S/C28H30ClN5O5/c1-16-2-9-22(39-15-20(36)14-35)21(12-16)27-33-25-23(34(27)13-18-5-7-19(29)8-6-18)24(30-11-10-17-3-4-17)31-26(32-25)28(37)38/h2,5-9,12,17,20,35-36H,3-4,10-11,13-15H2,1H3,(H,37,38)(H,30,31,32)/t20-/m1/s1. The Morgan fingerprint density at radius 3 is 2.64 bits per heavy atom. The number of aromatic carboxylic acids is 1. The van der Waals surface area contributed by atoms with Crippen molar-refractivity contribution in [3.05, 3.63) is 64.4 Å². The summed E-state index contributed by atoms with van der Waals surface area (Å²) in [6.07, 6.45) is 2.34. The van der Waals surface area contributed by atoms with Crippen LogP contribution in [0.1, 0.15) is 41.0 Å². The molecule has 1 fully saturated rings. The molecule has 0 bridgehead atoms. The molecule has 0 radical (unpaired) electrons. The van der Waals surface area contributed by atoms with Crippen LogP contribution in [0.2, 0.25) is 5.02 Å². The number of aliphatic hydroxyl groups excluding tert-OH is 2. The van der Waals surface area contributed by atoms with Crippen molar-refractivity contribution in [1.82, 2.24) is 19.5 Å². The topological polar surface area (TPSA) is 143 Å². The Morgan fingerprint density at radius 2 is 1.95 bits per heavy atom. The minimum atomic E-state index is -1.24. The van der Waals surface area contributed by atoms with Crippen molar-refractivity contribution in [2.45, 2.75) is 38.8 Å². The van der Waals surface area contributed by atoms with E-state index in [1.807, 2.05) is 35.8 Å². The third-order valence-corrected chi connectivity index (χ3v) is 6.86. The highest BCUT2D eigenvalue weighted by atomic mass is 35.5. The maximum Gasteiger partial charge on any atom is 0.374 e. The number of fused-ring (bicyclic) bond motifs is 1. The number of aliphatic hydroxyl groups is 2. The molecule has 1 aliphatic rings. The Balaban J connectivity index is 1.68. The number of benzene rings is 2. The first kappa shape index (κ1) is 26.9. The molecule has 4 aromatic rings. The number of anilines is 1. The van der Waals surface area contributed by atoms with Crippen LogP contribution in [0.3, 0.4) is 0 Å². The van der Waals surface area contributed by atoms with E-state index in [0.717, 1.165) is 17.5 Å². The van der Waals surface area contributed by atoms with Gasteiger partial charge in [-0.2, -0.15) is 0 Å². The van der Waals surface area contributed by atoms with Gasteiger partial charge in [-0.1, -0.05) is 48.2 Å². The number of hydrogen-bond acceptors (Lipinski definition) is 8. The van der Waals surface area contributed by atoms with Crippen LogP contribution in [0.5, 0.6) is 5.75 Å². The lowest BCUT2D eigenvalue weighted by atomic mass is 10.1. The summed E-state index contributed by atoms with van der Waals surface area (Å²) in [4.78, 5) is 25.3. The number of carboxylic acid groups (broad SMARTS) is 1. The van der Waals surface area contributed by atoms with Gasteiger partial charge in [-0.25, -0.2) is 19.7 Å². The fraction of sp³-hybridized carbons (Fsp3) is 0.357. The highest BCUT2D eigenvalue weighted by Gasteiger charge is 2.25. The van der Waals surface area contributed by atoms with E-state index in [-0.39, 0.29) is 18.1 Å². The Bertz CT molecular complexity index is 1490. The quantitative estimate of drug-likeness (QED) is 0.204. The lowest BCUT2D eigenvalue weighted by molar-refractivity contribution is 0.0538. The fourth-order valence-corrected chi connectivity index (χ4v) is 4.50. The van der Waals surface area contributed by atoms with E-state index in [1.54, 1.807) is 18.2 Å². The molecule has 2 heterocycles. The summed E-state index contributed by atoms with van der Waals surface area (Å²) in [5.74, 6) is 0.454. The van der Waals surface area contributed by atoms with E-state index >= 15 is 0 Å². The molecule has 10 nitrogen and oxygen atoms in total. The summed E-state index contributed by atoms with van der Waals surface area (Å²) in [6, 6.07) is 13.0. The Labute approximate surface area is 230 Å². The molecule has 0 aliphatic heterocycles. The maximum absolute atomic E-state index is 11.9. The van der Waals surface area contributed by atoms with Crippen LogP contribution in [0.15, 0.2) is 42.5 Å². The van der Waals surface area contributed by atoms with Gasteiger partial charge in [0.1, 0.15) is 29.8 Å². The second-order valence-corrected chi connectivity index (χ2v) is 10.3. The third-order valence-electron chi connectivity index (χ3n) is 6.61. The number of nitrogens with zero attached hydrogens (tertiary/aromatic N) is 4. The minimum absolute atomic E-state index is 0.110. The summed E-state index contributed by atoms with van der Waals surface area (Å²) >= 11 is 6.13. The normalized spacial score (nSPS) is 13.9. The monoisotopic (exact) mass is 551 g/mol. The number of halogens is 1. The number of hydrogen-bond donors (Lipinski definition) is 4. The summed E-state index contributed by atoms with van der Waals surface area (Å²) in [6.45, 7) is 2.42. The van der Waals surface area contributed by atoms with Crippen molar-refractivity contribution >= 4 is 34.6 Å². The Kier molecular flexibility index (Phi) is 7.97. The first-order valence-electron chi connectivity index (χ1n) is 12.8. The molecule has 0 amide bonds. The van der Waals surface area contributed by atoms with E-state index in [4.69, 9.17) is 21.3 Å². The van der Waals surface area contributed by atoms with Gasteiger partial charge < -0.3 is 29.9 Å². The van der Waals surface area contributed by atoms with Crippen molar-refractivity contribution in [1.29, 1.82) is 0 Å². The average Bonchev–Trinajstić information content (AvgIpc) is 3.68. The zero-order valence-corrected chi connectivity index (χ0v) is 22.2. The first-order valence-corrected chi connectivity index (χ1v) is 13.2. The zero-order chi connectivity index (χ0) is 27.5. The molecule has 2 aromatic heterocycles. The van der Waals surface area contributed by atoms with Crippen LogP contribution >= 0.6 is 11.6 Å². The van der Waals surface area contributed by atoms with Gasteiger partial charge in [-0.3, -0.25) is 0 Å². The number of ether oxygens (including phenoxy) is 1. The van der Waals surface area contributed by atoms with Gasteiger partial charge in [0.05, 0.1) is 12.2 Å². The Hall–Kier alpha value is -3.73. The number of aromatic nitrogens is 4. The molecule has 1 atom stereocenters. The van der Waals surface area contributed by atoms with Crippen LogP contribution in [-0.4, -0.2) is 66.7 Å². The van der Waals surface area contributed by atoms with Gasteiger partial charge in [-0.15, -0.1) is 0 Å². The molecule has 1 saturated carbocycles. The van der Waals surface area contributed by atoms with Gasteiger partial charge >= 0.3 is 5.97 Å². The van der Waals surface area contributed by atoms with E-state index in [0.29, 0.717) is 52.5 Å². The molecule has 204 valence electrons. The molecule has 0 spiro atoms. The highest BCUT2D eigenvalue weighted by molar-refractivity contribution is 6.30. The zero-order valence-electron chi connectivity index (χ0n) is 21.5. The SMILES string of the molecule is Cc1ccc(OC[C@H](O)CO)c(-c2nc3nc(C(=O)O)nc(NCCC4CC4)c3n2Cc2ccc(Cl)cc2)c1. The lowest BCUT2D eigenvalue weighted by Crippen LogP contribution is -2.21. The summed E-state index contributed by atoms with van der Waals surface area (Å²) in [5.41, 5.74) is 3.34. The minimum Gasteiger partial charge on any atom is -0.490 e. The number of nitrogens with one attached hydrogen (secondary N) is 1. The van der Waals surface area contributed by atoms with Gasteiger partial charge in [0, 0.05) is 18.1 Å². The summed E-state index contributed by atoms with van der Waals surface area (Å²) < 4.78 is 7.82. The Morgan fingerprint density at radius 1 is 1.18 bits per heavy atom. The number of carbonyl (C=O) groups is 1. The molecule has 5 rings (SSSR count). The van der Waals surface area contributed by atoms with Gasteiger partial charge in [0.15, 0.2) is 11.5 Å². The van der Waals surface area contributed by atoms with Crippen molar-refractivity contribution in [3.8, 4) is 17.1 Å². The van der Waals surface area contributed by atoms with E-state index in [1.165, 1.54) is 12.8 Å². The van der Waals surface area contributed by atoms with E-state index < -0.39 is 18.7 Å². The maximum atomic E-state index is 11.9. The molecule has 11 heteroatoms. The predicted molar refractivity (Wildman–Crippen MR) is 147 cm³/mol. The molecule has 4 N–H and O–H groups in total. The van der Waals surface area contributed by atoms with Crippen molar-refractivity contribution < 1.29 is 24.9 Å².